The van der Waals surface area contributed by atoms with Crippen molar-refractivity contribution in [3.63, 3.8) is 0 Å². The zero-order chi connectivity index (χ0) is 14.3. The van der Waals surface area contributed by atoms with E-state index in [4.69, 9.17) is 5.73 Å². The molecule has 1 aromatic rings. The van der Waals surface area contributed by atoms with Gasteiger partial charge in [-0.2, -0.15) is 10.5 Å². The summed E-state index contributed by atoms with van der Waals surface area (Å²) in [5.41, 5.74) is 9.34. The van der Waals surface area contributed by atoms with E-state index in [1.54, 1.807) is 0 Å². The van der Waals surface area contributed by atoms with Gasteiger partial charge < -0.3 is 5.73 Å². The summed E-state index contributed by atoms with van der Waals surface area (Å²) in [6.45, 7) is 4.24. The molecule has 3 nitrogen and oxygen atoms in total. The summed E-state index contributed by atoms with van der Waals surface area (Å²) >= 11 is 0. The lowest BCUT2D eigenvalue weighted by Crippen LogP contribution is -2.05. The van der Waals surface area contributed by atoms with Gasteiger partial charge in [0.05, 0.1) is 16.8 Å². The van der Waals surface area contributed by atoms with Crippen LogP contribution in [0.2, 0.25) is 0 Å². The van der Waals surface area contributed by atoms with Gasteiger partial charge >= 0.3 is 0 Å². The molecule has 0 bridgehead atoms. The van der Waals surface area contributed by atoms with Gasteiger partial charge in [-0.3, -0.25) is 0 Å². The number of nitrogens with zero attached hydrogens (tertiary/aromatic N) is 2. The van der Waals surface area contributed by atoms with Crippen LogP contribution in [0.15, 0.2) is 6.07 Å². The molecule has 100 valence electrons. The van der Waals surface area contributed by atoms with E-state index in [1.165, 1.54) is 0 Å². The molecule has 0 saturated carbocycles. The maximum Gasteiger partial charge on any atom is 0.102 e. The quantitative estimate of drug-likeness (QED) is 0.788. The number of benzene rings is 1. The lowest BCUT2D eigenvalue weighted by molar-refractivity contribution is 0.779. The Balaban J connectivity index is 3.28. The lowest BCUT2D eigenvalue weighted by atomic mass is 9.92. The van der Waals surface area contributed by atoms with Gasteiger partial charge in [-0.25, -0.2) is 0 Å². The van der Waals surface area contributed by atoms with Crippen LogP contribution in [0, 0.1) is 22.7 Å². The van der Waals surface area contributed by atoms with Gasteiger partial charge in [0.15, 0.2) is 0 Å². The number of rotatable bonds is 6. The highest BCUT2D eigenvalue weighted by Gasteiger charge is 2.15. The Morgan fingerprint density at radius 2 is 1.37 bits per heavy atom. The van der Waals surface area contributed by atoms with Gasteiger partial charge in [0.25, 0.3) is 0 Å². The van der Waals surface area contributed by atoms with Crippen molar-refractivity contribution in [3.8, 4) is 12.1 Å². The third-order valence-electron chi connectivity index (χ3n) is 3.35. The topological polar surface area (TPSA) is 73.6 Å². The van der Waals surface area contributed by atoms with Crippen molar-refractivity contribution in [1.82, 2.24) is 0 Å². The van der Waals surface area contributed by atoms with Crippen molar-refractivity contribution >= 4 is 5.69 Å². The van der Waals surface area contributed by atoms with E-state index in [0.29, 0.717) is 16.8 Å². The molecule has 0 spiro atoms. The van der Waals surface area contributed by atoms with E-state index < -0.39 is 0 Å². The van der Waals surface area contributed by atoms with Gasteiger partial charge in [-0.1, -0.05) is 32.8 Å². The summed E-state index contributed by atoms with van der Waals surface area (Å²) in [5, 5.41) is 18.5. The second-order valence-electron chi connectivity index (χ2n) is 4.79. The van der Waals surface area contributed by atoms with Gasteiger partial charge in [0, 0.05) is 0 Å². The summed E-state index contributed by atoms with van der Waals surface area (Å²) in [7, 11) is 0. The van der Waals surface area contributed by atoms with E-state index in [0.717, 1.165) is 49.7 Å². The first-order chi connectivity index (χ1) is 9.19. The van der Waals surface area contributed by atoms with E-state index in [9.17, 15) is 10.5 Å². The van der Waals surface area contributed by atoms with Crippen LogP contribution in [-0.2, 0) is 12.8 Å². The Hall–Kier alpha value is -2.00. The third kappa shape index (κ3) is 3.48. The molecule has 3 heteroatoms. The number of anilines is 1. The lowest BCUT2D eigenvalue weighted by Gasteiger charge is -2.12. The molecule has 0 radical (unpaired) electrons. The summed E-state index contributed by atoms with van der Waals surface area (Å²) < 4.78 is 0. The minimum Gasteiger partial charge on any atom is -0.397 e. The third-order valence-corrected chi connectivity index (χ3v) is 3.35. The summed E-state index contributed by atoms with van der Waals surface area (Å²) in [6, 6.07) is 6.32. The number of nitrogens with two attached hydrogens (primary N) is 1. The smallest absolute Gasteiger partial charge is 0.102 e. The van der Waals surface area contributed by atoms with Crippen LogP contribution in [0.4, 0.5) is 5.69 Å². The predicted octanol–water partition coefficient (Wildman–Crippen LogP) is 3.70. The van der Waals surface area contributed by atoms with Gasteiger partial charge in [0.1, 0.15) is 12.1 Å². The highest BCUT2D eigenvalue weighted by molar-refractivity contribution is 5.69. The number of nitriles is 2. The van der Waals surface area contributed by atoms with Gasteiger partial charge in [-0.15, -0.1) is 0 Å². The molecule has 0 aromatic heterocycles. The average Bonchev–Trinajstić information content (AvgIpc) is 2.42. The van der Waals surface area contributed by atoms with Gasteiger partial charge in [-0.05, 0) is 36.8 Å². The fraction of sp³-hybridized carbons (Fsp3) is 0.500. The maximum atomic E-state index is 9.25. The molecule has 0 fully saturated rings. The largest absolute Gasteiger partial charge is 0.397 e. The number of nitrogen functional groups attached to an aromatic ring is 1. The fourth-order valence-corrected chi connectivity index (χ4v) is 2.22. The van der Waals surface area contributed by atoms with Crippen molar-refractivity contribution in [2.24, 2.45) is 0 Å². The first kappa shape index (κ1) is 15.1. The number of unbranched alkanes of at least 4 members (excludes halogenated alkanes) is 2. The van der Waals surface area contributed by atoms with Crippen molar-refractivity contribution in [1.29, 1.82) is 10.5 Å². The Morgan fingerprint density at radius 1 is 0.947 bits per heavy atom. The van der Waals surface area contributed by atoms with Crippen LogP contribution in [0.1, 0.15) is 61.8 Å². The summed E-state index contributed by atoms with van der Waals surface area (Å²) in [6.07, 6.45) is 5.94. The van der Waals surface area contributed by atoms with Crippen LogP contribution >= 0.6 is 0 Å². The molecule has 0 aliphatic carbocycles. The highest BCUT2D eigenvalue weighted by Crippen LogP contribution is 2.27. The molecule has 0 atom stereocenters. The van der Waals surface area contributed by atoms with Crippen LogP contribution in [0.5, 0.6) is 0 Å². The zero-order valence-corrected chi connectivity index (χ0v) is 11.8. The zero-order valence-electron chi connectivity index (χ0n) is 11.8. The minimum atomic E-state index is 0.365. The maximum absolute atomic E-state index is 9.25. The Bertz CT molecular complexity index is 474. The molecule has 0 aliphatic rings. The molecular weight excluding hydrogens is 234 g/mol. The molecule has 0 unspecified atom stereocenters. The fourth-order valence-electron chi connectivity index (χ4n) is 2.22. The number of hydrogen-bond acceptors (Lipinski definition) is 3. The van der Waals surface area contributed by atoms with Crippen LogP contribution in [-0.4, -0.2) is 0 Å². The number of hydrogen-bond donors (Lipinski definition) is 1. The molecule has 1 aromatic carbocycles. The molecule has 0 amide bonds. The van der Waals surface area contributed by atoms with Crippen LogP contribution in [0.3, 0.4) is 0 Å². The molecule has 19 heavy (non-hydrogen) atoms. The monoisotopic (exact) mass is 255 g/mol. The normalized spacial score (nSPS) is 9.89. The summed E-state index contributed by atoms with van der Waals surface area (Å²) in [5.74, 6) is 0. The Labute approximate surface area is 115 Å². The second-order valence-corrected chi connectivity index (χ2v) is 4.79. The van der Waals surface area contributed by atoms with Crippen molar-refractivity contribution < 1.29 is 0 Å². The molecular formula is C16H21N3. The number of aryl methyl sites for hydroxylation is 2. The molecule has 1 rings (SSSR count). The van der Waals surface area contributed by atoms with Crippen molar-refractivity contribution in [2.75, 3.05) is 5.73 Å². The van der Waals surface area contributed by atoms with Crippen molar-refractivity contribution in [2.45, 2.75) is 52.4 Å². The van der Waals surface area contributed by atoms with Gasteiger partial charge in [0.2, 0.25) is 0 Å². The summed E-state index contributed by atoms with van der Waals surface area (Å²) in [4.78, 5) is 0. The molecule has 2 N–H and O–H groups in total. The minimum absolute atomic E-state index is 0.365. The van der Waals surface area contributed by atoms with E-state index in [-0.39, 0.29) is 0 Å². The highest BCUT2D eigenvalue weighted by atomic mass is 14.6. The van der Waals surface area contributed by atoms with E-state index >= 15 is 0 Å². The molecule has 0 heterocycles. The molecule has 0 aliphatic heterocycles. The van der Waals surface area contributed by atoms with E-state index in [1.807, 2.05) is 6.07 Å². The van der Waals surface area contributed by atoms with Crippen molar-refractivity contribution in [3.05, 3.63) is 28.3 Å². The Morgan fingerprint density at radius 3 is 1.68 bits per heavy atom. The standard InChI is InChI=1S/C16H21N3/c1-3-5-7-12-9-13(8-6-4-2)15(11-18)16(19)14(12)10-17/h9H,3-8,19H2,1-2H3. The average molecular weight is 255 g/mol. The first-order valence-electron chi connectivity index (χ1n) is 6.93. The molecule has 0 saturated heterocycles. The Kier molecular flexibility index (Phi) is 5.90. The first-order valence-corrected chi connectivity index (χ1v) is 6.93. The predicted molar refractivity (Wildman–Crippen MR) is 77.5 cm³/mol. The van der Waals surface area contributed by atoms with Crippen LogP contribution < -0.4 is 5.73 Å². The van der Waals surface area contributed by atoms with Crippen LogP contribution in [0.25, 0.3) is 0 Å². The second kappa shape index (κ2) is 7.44. The SMILES string of the molecule is CCCCc1cc(CCCC)c(C#N)c(N)c1C#N. The van der Waals surface area contributed by atoms with E-state index in [2.05, 4.69) is 26.0 Å².